The van der Waals surface area contributed by atoms with Crippen molar-refractivity contribution in [3.05, 3.63) is 87.1 Å². The zero-order valence-electron chi connectivity index (χ0n) is 14.9. The van der Waals surface area contributed by atoms with Crippen molar-refractivity contribution in [2.45, 2.75) is 6.54 Å². The van der Waals surface area contributed by atoms with E-state index in [1.165, 1.54) is 0 Å². The number of amides is 1. The summed E-state index contributed by atoms with van der Waals surface area (Å²) < 4.78 is 1.72. The molecule has 4 aromatic rings. The van der Waals surface area contributed by atoms with Crippen LogP contribution in [0.4, 0.5) is 5.82 Å². The average Bonchev–Trinajstić information content (AvgIpc) is 3.34. The second-order valence-corrected chi connectivity index (χ2v) is 7.53. The largest absolute Gasteiger partial charge is 0.304 e. The Morgan fingerprint density at radius 3 is 2.69 bits per heavy atom. The van der Waals surface area contributed by atoms with E-state index in [1.807, 2.05) is 24.3 Å². The van der Waals surface area contributed by atoms with Crippen LogP contribution in [0.1, 0.15) is 16.1 Å². The maximum absolute atomic E-state index is 12.5. The van der Waals surface area contributed by atoms with Crippen molar-refractivity contribution in [2.24, 2.45) is 0 Å². The molecular weight excluding hydrogens is 433 g/mol. The minimum atomic E-state index is -0.350. The third-order valence-electron chi connectivity index (χ3n) is 4.15. The highest BCUT2D eigenvalue weighted by molar-refractivity contribution is 6.42. The number of aromatic nitrogens is 4. The lowest BCUT2D eigenvalue weighted by Crippen LogP contribution is -2.13. The fourth-order valence-corrected chi connectivity index (χ4v) is 3.27. The maximum Gasteiger partial charge on any atom is 0.274 e. The number of H-pyrrole nitrogens is 1. The first-order chi connectivity index (χ1) is 14.0. The molecule has 0 fully saturated rings. The van der Waals surface area contributed by atoms with Crippen LogP contribution in [0, 0.1) is 0 Å². The van der Waals surface area contributed by atoms with Crippen molar-refractivity contribution in [2.75, 3.05) is 5.32 Å². The van der Waals surface area contributed by atoms with Gasteiger partial charge >= 0.3 is 0 Å². The first kappa shape index (κ1) is 19.5. The quantitative estimate of drug-likeness (QED) is 0.423. The van der Waals surface area contributed by atoms with Gasteiger partial charge in [0.15, 0.2) is 5.82 Å². The fourth-order valence-electron chi connectivity index (χ4n) is 2.76. The van der Waals surface area contributed by atoms with E-state index in [0.29, 0.717) is 38.8 Å². The number of benzene rings is 2. The molecule has 2 aromatic heterocycles. The molecule has 4 rings (SSSR count). The lowest BCUT2D eigenvalue weighted by atomic mass is 10.1. The molecule has 0 spiro atoms. The van der Waals surface area contributed by atoms with Gasteiger partial charge in [-0.05, 0) is 35.9 Å². The highest BCUT2D eigenvalue weighted by Crippen LogP contribution is 2.27. The van der Waals surface area contributed by atoms with Gasteiger partial charge in [0.1, 0.15) is 5.69 Å². The number of anilines is 1. The number of carbonyl (C=O) groups is 1. The monoisotopic (exact) mass is 445 g/mol. The molecule has 0 radical (unpaired) electrons. The van der Waals surface area contributed by atoms with Crippen molar-refractivity contribution in [1.82, 2.24) is 20.0 Å². The Hall–Kier alpha value is -2.80. The molecule has 6 nitrogen and oxygen atoms in total. The first-order valence-electron chi connectivity index (χ1n) is 8.58. The van der Waals surface area contributed by atoms with Crippen molar-refractivity contribution in [1.29, 1.82) is 0 Å². The van der Waals surface area contributed by atoms with E-state index < -0.39 is 0 Å². The summed E-state index contributed by atoms with van der Waals surface area (Å²) >= 11 is 18.0. The summed E-state index contributed by atoms with van der Waals surface area (Å²) in [6.45, 7) is 0.544. The molecule has 146 valence electrons. The molecule has 0 aliphatic rings. The molecule has 9 heteroatoms. The van der Waals surface area contributed by atoms with Crippen LogP contribution in [0.25, 0.3) is 11.3 Å². The number of nitrogens with one attached hydrogen (secondary N) is 2. The van der Waals surface area contributed by atoms with Gasteiger partial charge in [-0.25, -0.2) is 0 Å². The Morgan fingerprint density at radius 1 is 1.03 bits per heavy atom. The average molecular weight is 447 g/mol. The van der Waals surface area contributed by atoms with Gasteiger partial charge in [-0.1, -0.05) is 53.0 Å². The summed E-state index contributed by atoms with van der Waals surface area (Å²) in [4.78, 5) is 12.5. The Balaban J connectivity index is 1.44. The van der Waals surface area contributed by atoms with E-state index in [4.69, 9.17) is 34.8 Å². The molecule has 0 bridgehead atoms. The molecule has 0 atom stereocenters. The summed E-state index contributed by atoms with van der Waals surface area (Å²) in [5, 5.41) is 15.5. The number of nitrogens with zero attached hydrogens (tertiary/aromatic N) is 3. The number of hydrogen-bond acceptors (Lipinski definition) is 3. The zero-order valence-corrected chi connectivity index (χ0v) is 17.1. The van der Waals surface area contributed by atoms with Gasteiger partial charge in [-0.15, -0.1) is 0 Å². The molecule has 2 aromatic carbocycles. The molecule has 2 heterocycles. The SMILES string of the molecule is O=C(Nc1ccn(Cc2cccc(Cl)c2)n1)c1cc(-c2ccc(Cl)c(Cl)c2)n[nH]1. The van der Waals surface area contributed by atoms with Gasteiger partial charge in [0.25, 0.3) is 5.91 Å². The van der Waals surface area contributed by atoms with Crippen LogP contribution in [0.3, 0.4) is 0 Å². The topological polar surface area (TPSA) is 75.6 Å². The second-order valence-electron chi connectivity index (χ2n) is 6.28. The summed E-state index contributed by atoms with van der Waals surface area (Å²) in [6.07, 6.45) is 1.78. The Morgan fingerprint density at radius 2 is 1.90 bits per heavy atom. The van der Waals surface area contributed by atoms with Crippen LogP contribution >= 0.6 is 34.8 Å². The fraction of sp³-hybridized carbons (Fsp3) is 0.0500. The van der Waals surface area contributed by atoms with E-state index >= 15 is 0 Å². The Bertz CT molecular complexity index is 1180. The van der Waals surface area contributed by atoms with Crippen LogP contribution < -0.4 is 5.32 Å². The molecule has 29 heavy (non-hydrogen) atoms. The molecule has 2 N–H and O–H groups in total. The highest BCUT2D eigenvalue weighted by atomic mass is 35.5. The van der Waals surface area contributed by atoms with Crippen LogP contribution in [0.15, 0.2) is 60.8 Å². The van der Waals surface area contributed by atoms with Crippen molar-refractivity contribution >= 4 is 46.5 Å². The summed E-state index contributed by atoms with van der Waals surface area (Å²) in [5.41, 5.74) is 2.65. The van der Waals surface area contributed by atoms with E-state index in [1.54, 1.807) is 41.2 Å². The molecule has 0 saturated carbocycles. The molecule has 1 amide bonds. The van der Waals surface area contributed by atoms with Gasteiger partial charge in [-0.2, -0.15) is 10.2 Å². The van der Waals surface area contributed by atoms with Crippen molar-refractivity contribution in [3.8, 4) is 11.3 Å². The minimum absolute atomic E-state index is 0.301. The molecular formula is C20H14Cl3N5O. The predicted octanol–water partition coefficient (Wildman–Crippen LogP) is 5.53. The Kier molecular flexibility index (Phi) is 5.58. The smallest absolute Gasteiger partial charge is 0.274 e. The highest BCUT2D eigenvalue weighted by Gasteiger charge is 2.13. The van der Waals surface area contributed by atoms with Crippen molar-refractivity contribution in [3.63, 3.8) is 0 Å². The number of halogens is 3. The summed E-state index contributed by atoms with van der Waals surface area (Å²) in [6, 6.07) is 16.0. The van der Waals surface area contributed by atoms with Gasteiger partial charge in [0.2, 0.25) is 0 Å². The van der Waals surface area contributed by atoms with Crippen LogP contribution in [0.2, 0.25) is 15.1 Å². The lowest BCUT2D eigenvalue weighted by molar-refractivity contribution is 0.102. The number of rotatable bonds is 5. The van der Waals surface area contributed by atoms with Crippen molar-refractivity contribution < 1.29 is 4.79 Å². The molecule has 0 aliphatic carbocycles. The molecule has 0 unspecified atom stereocenters. The molecule has 0 saturated heterocycles. The lowest BCUT2D eigenvalue weighted by Gasteiger charge is -2.03. The zero-order chi connectivity index (χ0) is 20.4. The molecule has 0 aliphatic heterocycles. The summed E-state index contributed by atoms with van der Waals surface area (Å²) in [5.74, 6) is 0.0829. The second kappa shape index (κ2) is 8.29. The Labute approximate surface area is 181 Å². The number of hydrogen-bond donors (Lipinski definition) is 2. The van der Waals surface area contributed by atoms with E-state index in [0.717, 1.165) is 11.1 Å². The van der Waals surface area contributed by atoms with E-state index in [2.05, 4.69) is 20.6 Å². The predicted molar refractivity (Wildman–Crippen MR) is 115 cm³/mol. The van der Waals surface area contributed by atoms with E-state index in [-0.39, 0.29) is 5.91 Å². The first-order valence-corrected chi connectivity index (χ1v) is 9.71. The van der Waals surface area contributed by atoms with Gasteiger partial charge in [0.05, 0.1) is 22.3 Å². The van der Waals surface area contributed by atoms with Crippen LogP contribution in [0.5, 0.6) is 0 Å². The maximum atomic E-state index is 12.5. The third kappa shape index (κ3) is 4.62. The van der Waals surface area contributed by atoms with Gasteiger partial charge in [0, 0.05) is 22.8 Å². The van der Waals surface area contributed by atoms with Gasteiger partial charge < -0.3 is 5.32 Å². The number of carbonyl (C=O) groups excluding carboxylic acids is 1. The third-order valence-corrected chi connectivity index (χ3v) is 5.13. The normalized spacial score (nSPS) is 10.9. The van der Waals surface area contributed by atoms with Gasteiger partial charge in [-0.3, -0.25) is 14.6 Å². The van der Waals surface area contributed by atoms with E-state index in [9.17, 15) is 4.79 Å². The van der Waals surface area contributed by atoms with Crippen LogP contribution in [-0.4, -0.2) is 25.9 Å². The number of aromatic amines is 1. The minimum Gasteiger partial charge on any atom is -0.304 e. The standard InChI is InChI=1S/C20H14Cl3N5O/c21-14-3-1-2-12(8-14)11-28-7-6-19(27-28)24-20(29)18-10-17(25-26-18)13-4-5-15(22)16(23)9-13/h1-10H,11H2,(H,25,26)(H,24,27,29). The van der Waals surface area contributed by atoms with Crippen LogP contribution in [-0.2, 0) is 6.54 Å². The summed E-state index contributed by atoms with van der Waals surface area (Å²) in [7, 11) is 0.